The number of hydrogen-bond acceptors (Lipinski definition) is 2. The van der Waals surface area contributed by atoms with Crippen molar-refractivity contribution >= 4 is 5.97 Å². The highest BCUT2D eigenvalue weighted by molar-refractivity contribution is 5.79. The molecule has 0 aromatic heterocycles. The Kier molecular flexibility index (Phi) is 5.92. The summed E-state index contributed by atoms with van der Waals surface area (Å²) in [5, 5.41) is 8.82. The van der Waals surface area contributed by atoms with Crippen LogP contribution in [0, 0.1) is 0 Å². The van der Waals surface area contributed by atoms with Gasteiger partial charge in [0, 0.05) is 25.2 Å². The summed E-state index contributed by atoms with van der Waals surface area (Å²) in [6.45, 7) is 3.58. The maximum absolute atomic E-state index is 10.7. The van der Waals surface area contributed by atoms with Crippen molar-refractivity contribution in [3.63, 3.8) is 0 Å². The van der Waals surface area contributed by atoms with E-state index in [2.05, 4.69) is 29.2 Å². The van der Waals surface area contributed by atoms with Crippen molar-refractivity contribution < 1.29 is 9.90 Å². The Hall–Kier alpha value is -2.39. The van der Waals surface area contributed by atoms with Gasteiger partial charge in [-0.3, -0.25) is 4.90 Å². The maximum Gasteiger partial charge on any atom is 0.328 e. The zero-order valence-electron chi connectivity index (χ0n) is 12.7. The van der Waals surface area contributed by atoms with Gasteiger partial charge >= 0.3 is 5.97 Å². The van der Waals surface area contributed by atoms with Gasteiger partial charge in [0.25, 0.3) is 0 Å². The minimum atomic E-state index is -0.911. The largest absolute Gasteiger partial charge is 0.478 e. The zero-order chi connectivity index (χ0) is 15.8. The molecule has 0 fully saturated rings. The van der Waals surface area contributed by atoms with Crippen molar-refractivity contribution in [3.8, 4) is 0 Å². The van der Waals surface area contributed by atoms with Crippen molar-refractivity contribution in [2.75, 3.05) is 0 Å². The molecule has 22 heavy (non-hydrogen) atoms. The molecule has 3 nitrogen and oxygen atoms in total. The van der Waals surface area contributed by atoms with Crippen LogP contribution in [0.4, 0.5) is 0 Å². The number of rotatable bonds is 7. The minimum absolute atomic E-state index is 0.0384. The summed E-state index contributed by atoms with van der Waals surface area (Å²) in [5.74, 6) is -0.911. The molecule has 114 valence electrons. The van der Waals surface area contributed by atoms with E-state index in [1.165, 1.54) is 17.2 Å². The Morgan fingerprint density at radius 3 is 1.86 bits per heavy atom. The van der Waals surface area contributed by atoms with Crippen LogP contribution < -0.4 is 0 Å². The number of aliphatic carboxylic acids is 1. The average molecular weight is 295 g/mol. The molecule has 1 unspecified atom stereocenters. The molecule has 2 aromatic rings. The van der Waals surface area contributed by atoms with Crippen LogP contribution in [-0.2, 0) is 17.9 Å². The second-order valence-electron chi connectivity index (χ2n) is 5.31. The van der Waals surface area contributed by atoms with Gasteiger partial charge in [0.2, 0.25) is 0 Å². The van der Waals surface area contributed by atoms with Crippen LogP contribution in [0.15, 0.2) is 72.8 Å². The van der Waals surface area contributed by atoms with Crippen LogP contribution >= 0.6 is 0 Å². The highest BCUT2D eigenvalue weighted by atomic mass is 16.4. The zero-order valence-corrected chi connectivity index (χ0v) is 12.7. The molecule has 0 aliphatic carbocycles. The molecule has 2 rings (SSSR count). The SMILES string of the molecule is CC(C=CC(=O)O)N(Cc1ccccc1)Cc1ccccc1. The highest BCUT2D eigenvalue weighted by Gasteiger charge is 2.13. The highest BCUT2D eigenvalue weighted by Crippen LogP contribution is 2.14. The van der Waals surface area contributed by atoms with Crippen molar-refractivity contribution in [3.05, 3.63) is 83.9 Å². The van der Waals surface area contributed by atoms with Gasteiger partial charge in [-0.15, -0.1) is 0 Å². The first-order valence-corrected chi connectivity index (χ1v) is 7.38. The lowest BCUT2D eigenvalue weighted by molar-refractivity contribution is -0.131. The summed E-state index contributed by atoms with van der Waals surface area (Å²) in [6.07, 6.45) is 2.95. The standard InChI is InChI=1S/C19H21NO2/c1-16(12-13-19(21)22)20(14-17-8-4-2-5-9-17)15-18-10-6-3-7-11-18/h2-13,16H,14-15H2,1H3,(H,21,22). The van der Waals surface area contributed by atoms with E-state index < -0.39 is 5.97 Å². The molecular formula is C19H21NO2. The summed E-state index contributed by atoms with van der Waals surface area (Å²) in [7, 11) is 0. The fourth-order valence-corrected chi connectivity index (χ4v) is 2.32. The second kappa shape index (κ2) is 8.15. The molecule has 1 N–H and O–H groups in total. The van der Waals surface area contributed by atoms with Gasteiger partial charge in [-0.25, -0.2) is 4.79 Å². The van der Waals surface area contributed by atoms with Gasteiger partial charge < -0.3 is 5.11 Å². The molecule has 0 spiro atoms. The van der Waals surface area contributed by atoms with Crippen LogP contribution in [0.2, 0.25) is 0 Å². The van der Waals surface area contributed by atoms with Gasteiger partial charge in [-0.2, -0.15) is 0 Å². The van der Waals surface area contributed by atoms with E-state index in [-0.39, 0.29) is 6.04 Å². The van der Waals surface area contributed by atoms with E-state index in [0.29, 0.717) is 0 Å². The van der Waals surface area contributed by atoms with Gasteiger partial charge in [0.1, 0.15) is 0 Å². The Morgan fingerprint density at radius 1 is 1.00 bits per heavy atom. The summed E-state index contributed by atoms with van der Waals surface area (Å²) in [5.41, 5.74) is 2.43. The fourth-order valence-electron chi connectivity index (χ4n) is 2.32. The Labute approximate surface area is 131 Å². The average Bonchev–Trinajstić information content (AvgIpc) is 2.54. The predicted octanol–water partition coefficient (Wildman–Crippen LogP) is 3.72. The lowest BCUT2D eigenvalue weighted by Crippen LogP contribution is -2.30. The number of carboxylic acid groups (broad SMARTS) is 1. The number of benzene rings is 2. The third-order valence-electron chi connectivity index (χ3n) is 3.55. The fraction of sp³-hybridized carbons (Fsp3) is 0.211. The van der Waals surface area contributed by atoms with Crippen LogP contribution in [0.5, 0.6) is 0 Å². The lowest BCUT2D eigenvalue weighted by atomic mass is 10.1. The molecule has 3 heteroatoms. The van der Waals surface area contributed by atoms with E-state index in [4.69, 9.17) is 5.11 Å². The molecule has 1 atom stereocenters. The van der Waals surface area contributed by atoms with E-state index in [9.17, 15) is 4.79 Å². The molecule has 0 heterocycles. The van der Waals surface area contributed by atoms with E-state index in [1.54, 1.807) is 6.08 Å². The molecule has 0 amide bonds. The number of hydrogen-bond donors (Lipinski definition) is 1. The number of carbonyl (C=O) groups is 1. The monoisotopic (exact) mass is 295 g/mol. The minimum Gasteiger partial charge on any atom is -0.478 e. The first-order chi connectivity index (χ1) is 10.6. The number of carboxylic acids is 1. The first kappa shape index (κ1) is 16.0. The molecular weight excluding hydrogens is 274 g/mol. The van der Waals surface area contributed by atoms with Crippen molar-refractivity contribution in [1.29, 1.82) is 0 Å². The smallest absolute Gasteiger partial charge is 0.328 e. The summed E-state index contributed by atoms with van der Waals surface area (Å²) < 4.78 is 0. The van der Waals surface area contributed by atoms with E-state index in [0.717, 1.165) is 13.1 Å². The Balaban J connectivity index is 2.14. The predicted molar refractivity (Wildman–Crippen MR) is 88.4 cm³/mol. The third kappa shape index (κ3) is 5.19. The van der Waals surface area contributed by atoms with Crippen LogP contribution in [0.1, 0.15) is 18.1 Å². The molecule has 0 aliphatic rings. The molecule has 0 radical (unpaired) electrons. The van der Waals surface area contributed by atoms with E-state index in [1.807, 2.05) is 43.3 Å². The molecule has 2 aromatic carbocycles. The third-order valence-corrected chi connectivity index (χ3v) is 3.55. The quantitative estimate of drug-likeness (QED) is 0.791. The Morgan fingerprint density at radius 2 is 1.45 bits per heavy atom. The maximum atomic E-state index is 10.7. The molecule has 0 saturated carbocycles. The lowest BCUT2D eigenvalue weighted by Gasteiger charge is -2.27. The van der Waals surface area contributed by atoms with Gasteiger partial charge in [-0.1, -0.05) is 66.7 Å². The normalized spacial score (nSPS) is 12.6. The van der Waals surface area contributed by atoms with Crippen LogP contribution in [0.25, 0.3) is 0 Å². The number of nitrogens with zero attached hydrogens (tertiary/aromatic N) is 1. The summed E-state index contributed by atoms with van der Waals surface area (Å²) in [4.78, 5) is 13.0. The molecule has 0 saturated heterocycles. The van der Waals surface area contributed by atoms with Crippen molar-refractivity contribution in [2.45, 2.75) is 26.1 Å². The van der Waals surface area contributed by atoms with E-state index >= 15 is 0 Å². The first-order valence-electron chi connectivity index (χ1n) is 7.38. The van der Waals surface area contributed by atoms with Gasteiger partial charge in [-0.05, 0) is 18.1 Å². The second-order valence-corrected chi connectivity index (χ2v) is 5.31. The molecule has 0 bridgehead atoms. The van der Waals surface area contributed by atoms with Crippen LogP contribution in [-0.4, -0.2) is 22.0 Å². The van der Waals surface area contributed by atoms with Crippen molar-refractivity contribution in [2.24, 2.45) is 0 Å². The van der Waals surface area contributed by atoms with Gasteiger partial charge in [0.05, 0.1) is 0 Å². The summed E-state index contributed by atoms with van der Waals surface area (Å²) >= 11 is 0. The Bertz CT molecular complexity index is 566. The van der Waals surface area contributed by atoms with Gasteiger partial charge in [0.15, 0.2) is 0 Å². The van der Waals surface area contributed by atoms with Crippen LogP contribution in [0.3, 0.4) is 0 Å². The molecule has 0 aliphatic heterocycles. The summed E-state index contributed by atoms with van der Waals surface area (Å²) in [6, 6.07) is 20.5. The van der Waals surface area contributed by atoms with Crippen molar-refractivity contribution in [1.82, 2.24) is 4.90 Å². The topological polar surface area (TPSA) is 40.5 Å².